The molecular weight excluding hydrogens is 284 g/mol. The third kappa shape index (κ3) is 3.48. The van der Waals surface area contributed by atoms with Crippen molar-refractivity contribution in [2.75, 3.05) is 18.1 Å². The summed E-state index contributed by atoms with van der Waals surface area (Å²) in [6.07, 6.45) is 0.00183. The van der Waals surface area contributed by atoms with Gasteiger partial charge in [-0.2, -0.15) is 8.78 Å². The molecule has 1 fully saturated rings. The second kappa shape index (κ2) is 6.51. The summed E-state index contributed by atoms with van der Waals surface area (Å²) < 4.78 is 34.1. The molecule has 0 aliphatic carbocycles. The Balaban J connectivity index is 2.19. The van der Waals surface area contributed by atoms with Crippen molar-refractivity contribution in [1.82, 2.24) is 0 Å². The van der Waals surface area contributed by atoms with Gasteiger partial charge in [-0.05, 0) is 19.1 Å². The lowest BCUT2D eigenvalue weighted by Gasteiger charge is -2.19. The summed E-state index contributed by atoms with van der Waals surface area (Å²) in [6.45, 7) is -0.974. The third-order valence-electron chi connectivity index (χ3n) is 3.12. The van der Waals surface area contributed by atoms with Gasteiger partial charge in [0.15, 0.2) is 0 Å². The molecule has 1 atom stereocenters. The van der Waals surface area contributed by atoms with Crippen molar-refractivity contribution in [2.24, 2.45) is 5.92 Å². The predicted molar refractivity (Wildman–Crippen MR) is 70.2 cm³/mol. The van der Waals surface area contributed by atoms with E-state index in [2.05, 4.69) is 4.74 Å². The Bertz CT molecular complexity index is 535. The Morgan fingerprint density at radius 1 is 1.43 bits per heavy atom. The van der Waals surface area contributed by atoms with Gasteiger partial charge in [0.25, 0.3) is 0 Å². The average molecular weight is 299 g/mol. The number of anilines is 1. The van der Waals surface area contributed by atoms with Crippen LogP contribution < -0.4 is 9.64 Å². The molecule has 5 nitrogen and oxygen atoms in total. The van der Waals surface area contributed by atoms with Gasteiger partial charge in [0, 0.05) is 13.0 Å². The second-order valence-corrected chi connectivity index (χ2v) is 4.50. The summed E-state index contributed by atoms with van der Waals surface area (Å²) in [5.74, 6) is -1.46. The van der Waals surface area contributed by atoms with Crippen molar-refractivity contribution in [3.05, 3.63) is 24.3 Å². The number of halogens is 2. The van der Waals surface area contributed by atoms with Crippen molar-refractivity contribution in [2.45, 2.75) is 20.0 Å². The van der Waals surface area contributed by atoms with Crippen LogP contribution in [0.2, 0.25) is 0 Å². The number of carbonyl (C=O) groups is 2. The van der Waals surface area contributed by atoms with Gasteiger partial charge >= 0.3 is 12.6 Å². The van der Waals surface area contributed by atoms with Crippen LogP contribution in [0.3, 0.4) is 0 Å². The number of amides is 1. The fraction of sp³-hybridized carbons (Fsp3) is 0.429. The fourth-order valence-electron chi connectivity index (χ4n) is 2.23. The smallest absolute Gasteiger partial charge is 0.387 e. The van der Waals surface area contributed by atoms with Gasteiger partial charge in [-0.15, -0.1) is 0 Å². The standard InChI is InChI=1S/C14H15F2NO4/c1-2-20-13(19)9-7-12(18)17(8-9)10-5-3-4-6-11(10)21-14(15)16/h3-6,9,14H,2,7-8H2,1H3/t9-/m0/s1. The Morgan fingerprint density at radius 3 is 2.81 bits per heavy atom. The molecule has 1 heterocycles. The summed E-state index contributed by atoms with van der Waals surface area (Å²) in [6, 6.07) is 6.00. The van der Waals surface area contributed by atoms with Crippen molar-refractivity contribution in [3.63, 3.8) is 0 Å². The maximum Gasteiger partial charge on any atom is 0.387 e. The van der Waals surface area contributed by atoms with E-state index in [4.69, 9.17) is 4.74 Å². The summed E-state index contributed by atoms with van der Waals surface area (Å²) in [7, 11) is 0. The molecule has 1 saturated heterocycles. The topological polar surface area (TPSA) is 55.8 Å². The lowest BCUT2D eigenvalue weighted by atomic mass is 10.1. The van der Waals surface area contributed by atoms with E-state index in [1.54, 1.807) is 13.0 Å². The van der Waals surface area contributed by atoms with Gasteiger partial charge in [0.05, 0.1) is 18.2 Å². The van der Waals surface area contributed by atoms with Crippen LogP contribution in [0.4, 0.5) is 14.5 Å². The van der Waals surface area contributed by atoms with Crippen LogP contribution in [0.25, 0.3) is 0 Å². The number of hydrogen-bond acceptors (Lipinski definition) is 4. The highest BCUT2D eigenvalue weighted by atomic mass is 19.3. The first-order valence-corrected chi connectivity index (χ1v) is 6.53. The van der Waals surface area contributed by atoms with Crippen LogP contribution in [0.1, 0.15) is 13.3 Å². The number of nitrogens with zero attached hydrogens (tertiary/aromatic N) is 1. The van der Waals surface area contributed by atoms with Crippen molar-refractivity contribution in [1.29, 1.82) is 0 Å². The first-order chi connectivity index (χ1) is 10.0. The SMILES string of the molecule is CCOC(=O)[C@H]1CC(=O)N(c2ccccc2OC(F)F)C1. The molecule has 0 bridgehead atoms. The predicted octanol–water partition coefficient (Wildman–Crippen LogP) is 2.20. The summed E-state index contributed by atoms with van der Waals surface area (Å²) in [5, 5.41) is 0. The molecule has 2 rings (SSSR count). The molecule has 1 aliphatic heterocycles. The van der Waals surface area contributed by atoms with E-state index in [-0.39, 0.29) is 36.9 Å². The molecule has 0 N–H and O–H groups in total. The molecule has 21 heavy (non-hydrogen) atoms. The zero-order valence-electron chi connectivity index (χ0n) is 11.4. The molecule has 0 spiro atoms. The van der Waals surface area contributed by atoms with Crippen LogP contribution >= 0.6 is 0 Å². The third-order valence-corrected chi connectivity index (χ3v) is 3.12. The highest BCUT2D eigenvalue weighted by Gasteiger charge is 2.37. The fourth-order valence-corrected chi connectivity index (χ4v) is 2.23. The molecule has 0 unspecified atom stereocenters. The Kier molecular flexibility index (Phi) is 4.72. The molecule has 1 aromatic carbocycles. The minimum Gasteiger partial charge on any atom is -0.466 e. The van der Waals surface area contributed by atoms with Crippen molar-refractivity contribution in [3.8, 4) is 5.75 Å². The van der Waals surface area contributed by atoms with Crippen LogP contribution in [-0.4, -0.2) is 31.6 Å². The number of alkyl halides is 2. The number of esters is 1. The van der Waals surface area contributed by atoms with Crippen molar-refractivity contribution >= 4 is 17.6 Å². The first-order valence-electron chi connectivity index (χ1n) is 6.53. The van der Waals surface area contributed by atoms with E-state index in [1.807, 2.05) is 0 Å². The molecule has 114 valence electrons. The molecule has 0 aromatic heterocycles. The molecule has 1 aromatic rings. The zero-order chi connectivity index (χ0) is 15.4. The summed E-state index contributed by atoms with van der Waals surface area (Å²) >= 11 is 0. The summed E-state index contributed by atoms with van der Waals surface area (Å²) in [4.78, 5) is 25.0. The van der Waals surface area contributed by atoms with Gasteiger partial charge in [-0.1, -0.05) is 12.1 Å². The van der Waals surface area contributed by atoms with Gasteiger partial charge in [0.1, 0.15) is 5.75 Å². The Morgan fingerprint density at radius 2 is 2.14 bits per heavy atom. The van der Waals surface area contributed by atoms with Gasteiger partial charge in [0.2, 0.25) is 5.91 Å². The second-order valence-electron chi connectivity index (χ2n) is 4.50. The largest absolute Gasteiger partial charge is 0.466 e. The first kappa shape index (κ1) is 15.2. The van der Waals surface area contributed by atoms with Gasteiger partial charge in [-0.25, -0.2) is 0 Å². The van der Waals surface area contributed by atoms with Crippen LogP contribution in [0.5, 0.6) is 5.75 Å². The maximum absolute atomic E-state index is 12.4. The van der Waals surface area contributed by atoms with E-state index in [9.17, 15) is 18.4 Å². The maximum atomic E-state index is 12.4. The van der Waals surface area contributed by atoms with E-state index in [0.717, 1.165) is 0 Å². The number of hydrogen-bond donors (Lipinski definition) is 0. The number of benzene rings is 1. The number of para-hydroxylation sites is 2. The molecule has 1 amide bonds. The van der Waals surface area contributed by atoms with Gasteiger partial charge < -0.3 is 14.4 Å². The minimum atomic E-state index is -2.98. The molecule has 7 heteroatoms. The van der Waals surface area contributed by atoms with Crippen LogP contribution in [-0.2, 0) is 14.3 Å². The number of ether oxygens (including phenoxy) is 2. The van der Waals surface area contributed by atoms with Crippen LogP contribution in [0.15, 0.2) is 24.3 Å². The lowest BCUT2D eigenvalue weighted by Crippen LogP contribution is -2.27. The van der Waals surface area contributed by atoms with E-state index < -0.39 is 18.5 Å². The monoisotopic (exact) mass is 299 g/mol. The molecule has 1 aliphatic rings. The highest BCUT2D eigenvalue weighted by Crippen LogP contribution is 2.34. The number of carbonyl (C=O) groups excluding carboxylic acids is 2. The molecular formula is C14H15F2NO4. The van der Waals surface area contributed by atoms with E-state index in [1.165, 1.54) is 23.1 Å². The van der Waals surface area contributed by atoms with Gasteiger partial charge in [-0.3, -0.25) is 9.59 Å². The molecule has 0 radical (unpaired) electrons. The number of rotatable bonds is 5. The molecule has 0 saturated carbocycles. The van der Waals surface area contributed by atoms with E-state index >= 15 is 0 Å². The Labute approximate surface area is 120 Å². The highest BCUT2D eigenvalue weighted by molar-refractivity contribution is 6.00. The van der Waals surface area contributed by atoms with Crippen LogP contribution in [0, 0.1) is 5.92 Å². The lowest BCUT2D eigenvalue weighted by molar-refractivity contribution is -0.147. The summed E-state index contributed by atoms with van der Waals surface area (Å²) in [5.41, 5.74) is 0.231. The normalized spacial score (nSPS) is 18.2. The average Bonchev–Trinajstić information content (AvgIpc) is 2.81. The van der Waals surface area contributed by atoms with E-state index in [0.29, 0.717) is 0 Å². The Hall–Kier alpha value is -2.18. The zero-order valence-corrected chi connectivity index (χ0v) is 11.4. The minimum absolute atomic E-state index is 0.00183. The van der Waals surface area contributed by atoms with Crippen molar-refractivity contribution < 1.29 is 27.8 Å². The quantitative estimate of drug-likeness (QED) is 0.782.